The highest BCUT2D eigenvalue weighted by Gasteiger charge is 2.23. The van der Waals surface area contributed by atoms with E-state index in [-0.39, 0.29) is 5.41 Å². The number of hydrogen-bond donors (Lipinski definition) is 1. The minimum Gasteiger partial charge on any atom is -0.308 e. The lowest BCUT2D eigenvalue weighted by Crippen LogP contribution is -2.26. The maximum Gasteiger partial charge on any atom is 0.0985 e. The average molecular weight is 299 g/mol. The molecule has 0 radical (unpaired) electrons. The van der Waals surface area contributed by atoms with Crippen molar-refractivity contribution in [2.24, 2.45) is 0 Å². The summed E-state index contributed by atoms with van der Waals surface area (Å²) in [7, 11) is 0. The molecule has 1 aliphatic rings. The summed E-state index contributed by atoms with van der Waals surface area (Å²) in [5, 5.41) is 5.77. The molecule has 1 N–H and O–H groups in total. The minimum atomic E-state index is 0.161. The molecule has 2 unspecified atom stereocenters. The topological polar surface area (TPSA) is 24.9 Å². The number of rotatable bonds is 4. The molecule has 0 bridgehead atoms. The summed E-state index contributed by atoms with van der Waals surface area (Å²) in [4.78, 5) is 6.17. The Balaban J connectivity index is 1.98. The van der Waals surface area contributed by atoms with E-state index in [1.54, 1.807) is 0 Å². The molecule has 108 valence electrons. The fraction of sp³-hybridized carbons (Fsp3) is 0.800. The van der Waals surface area contributed by atoms with Gasteiger partial charge in [-0.2, -0.15) is 11.8 Å². The second-order valence-corrected chi connectivity index (χ2v) is 8.92. The largest absolute Gasteiger partial charge is 0.308 e. The van der Waals surface area contributed by atoms with Gasteiger partial charge in [0.25, 0.3) is 0 Å². The van der Waals surface area contributed by atoms with Gasteiger partial charge in [0.05, 0.1) is 10.7 Å². The normalized spacial score (nSPS) is 21.8. The van der Waals surface area contributed by atoms with Crippen LogP contribution in [-0.2, 0) is 5.41 Å². The molecule has 1 saturated heterocycles. The third kappa shape index (κ3) is 3.96. The predicted molar refractivity (Wildman–Crippen MR) is 87.4 cm³/mol. The Kier molecular flexibility index (Phi) is 4.96. The summed E-state index contributed by atoms with van der Waals surface area (Å²) >= 11 is 4.00. The molecule has 2 atom stereocenters. The Morgan fingerprint density at radius 2 is 2.16 bits per heavy atom. The van der Waals surface area contributed by atoms with Crippen molar-refractivity contribution in [2.45, 2.75) is 64.2 Å². The summed E-state index contributed by atoms with van der Waals surface area (Å²) in [6, 6.07) is 0.426. The van der Waals surface area contributed by atoms with Gasteiger partial charge in [0.1, 0.15) is 0 Å². The van der Waals surface area contributed by atoms with Gasteiger partial charge in [-0.3, -0.25) is 0 Å². The first-order valence-corrected chi connectivity index (χ1v) is 9.07. The summed E-state index contributed by atoms with van der Waals surface area (Å²) in [6.45, 7) is 12.3. The van der Waals surface area contributed by atoms with Gasteiger partial charge in [0.2, 0.25) is 0 Å². The van der Waals surface area contributed by atoms with Gasteiger partial charge in [-0.1, -0.05) is 20.8 Å². The van der Waals surface area contributed by atoms with E-state index in [4.69, 9.17) is 4.98 Å². The zero-order valence-electron chi connectivity index (χ0n) is 12.7. The molecule has 4 heteroatoms. The van der Waals surface area contributed by atoms with Gasteiger partial charge in [-0.25, -0.2) is 4.98 Å². The maximum atomic E-state index is 4.76. The molecule has 2 heterocycles. The number of nitrogens with zero attached hydrogens (tertiary/aromatic N) is 1. The SMILES string of the molecule is Cc1nc(C(C)(C)C)sc1C(C)NCC1CCCS1. The highest BCUT2D eigenvalue weighted by molar-refractivity contribution is 8.00. The maximum absolute atomic E-state index is 4.76. The van der Waals surface area contributed by atoms with Crippen LogP contribution < -0.4 is 5.32 Å². The first kappa shape index (κ1) is 15.3. The predicted octanol–water partition coefficient (Wildman–Crippen LogP) is 4.30. The van der Waals surface area contributed by atoms with Crippen molar-refractivity contribution in [2.75, 3.05) is 12.3 Å². The van der Waals surface area contributed by atoms with Crippen LogP contribution in [-0.4, -0.2) is 22.5 Å². The second-order valence-electron chi connectivity index (χ2n) is 6.48. The first-order chi connectivity index (χ1) is 8.88. The second kappa shape index (κ2) is 6.15. The third-order valence-electron chi connectivity index (χ3n) is 3.54. The van der Waals surface area contributed by atoms with Crippen LogP contribution in [0, 0.1) is 6.92 Å². The van der Waals surface area contributed by atoms with Crippen LogP contribution in [0.4, 0.5) is 0 Å². The molecule has 19 heavy (non-hydrogen) atoms. The first-order valence-electron chi connectivity index (χ1n) is 7.20. The zero-order chi connectivity index (χ0) is 14.0. The number of aromatic nitrogens is 1. The number of hydrogen-bond acceptors (Lipinski definition) is 4. The van der Waals surface area contributed by atoms with Gasteiger partial charge in [-0.15, -0.1) is 11.3 Å². The molecular formula is C15H26N2S2. The smallest absolute Gasteiger partial charge is 0.0985 e. The van der Waals surface area contributed by atoms with E-state index in [9.17, 15) is 0 Å². The van der Waals surface area contributed by atoms with Crippen molar-refractivity contribution in [3.8, 4) is 0 Å². The van der Waals surface area contributed by atoms with Crippen molar-refractivity contribution in [1.82, 2.24) is 10.3 Å². The highest BCUT2D eigenvalue weighted by atomic mass is 32.2. The summed E-state index contributed by atoms with van der Waals surface area (Å²) < 4.78 is 0. The lowest BCUT2D eigenvalue weighted by molar-refractivity contribution is 0.563. The molecule has 0 aliphatic carbocycles. The molecule has 2 rings (SSSR count). The zero-order valence-corrected chi connectivity index (χ0v) is 14.4. The molecule has 0 saturated carbocycles. The molecule has 1 aliphatic heterocycles. The van der Waals surface area contributed by atoms with Gasteiger partial charge in [0, 0.05) is 28.1 Å². The Bertz CT molecular complexity index is 414. The van der Waals surface area contributed by atoms with E-state index < -0.39 is 0 Å². The monoisotopic (exact) mass is 298 g/mol. The van der Waals surface area contributed by atoms with E-state index in [2.05, 4.69) is 51.7 Å². The Labute approximate surface area is 125 Å². The van der Waals surface area contributed by atoms with Crippen molar-refractivity contribution < 1.29 is 0 Å². The van der Waals surface area contributed by atoms with Crippen LogP contribution in [0.2, 0.25) is 0 Å². The number of aryl methyl sites for hydroxylation is 1. The van der Waals surface area contributed by atoms with E-state index in [1.807, 2.05) is 11.3 Å². The lowest BCUT2D eigenvalue weighted by atomic mass is 9.98. The van der Waals surface area contributed by atoms with Crippen LogP contribution in [0.1, 0.15) is 62.2 Å². The van der Waals surface area contributed by atoms with Crippen molar-refractivity contribution in [3.63, 3.8) is 0 Å². The standard InChI is InChI=1S/C15H26N2S2/c1-10(16-9-12-7-6-8-18-12)13-11(2)17-14(19-13)15(3,4)5/h10,12,16H,6-9H2,1-5H3. The average Bonchev–Trinajstić information content (AvgIpc) is 2.93. The Morgan fingerprint density at radius 1 is 1.42 bits per heavy atom. The fourth-order valence-corrected chi connectivity index (χ4v) is 4.70. The van der Waals surface area contributed by atoms with Crippen LogP contribution >= 0.6 is 23.1 Å². The van der Waals surface area contributed by atoms with Crippen molar-refractivity contribution >= 4 is 23.1 Å². The van der Waals surface area contributed by atoms with E-state index in [0.29, 0.717) is 6.04 Å². The molecule has 2 nitrogen and oxygen atoms in total. The lowest BCUT2D eigenvalue weighted by Gasteiger charge is -2.16. The summed E-state index contributed by atoms with van der Waals surface area (Å²) in [5.74, 6) is 1.34. The number of thioether (sulfide) groups is 1. The van der Waals surface area contributed by atoms with Gasteiger partial charge in [-0.05, 0) is 32.4 Å². The molecule has 1 fully saturated rings. The third-order valence-corrected chi connectivity index (χ3v) is 6.71. The summed E-state index contributed by atoms with van der Waals surface area (Å²) in [6.07, 6.45) is 2.76. The number of nitrogens with one attached hydrogen (secondary N) is 1. The van der Waals surface area contributed by atoms with Gasteiger partial charge in [0.15, 0.2) is 0 Å². The molecular weight excluding hydrogens is 272 g/mol. The highest BCUT2D eigenvalue weighted by Crippen LogP contribution is 2.33. The molecule has 0 amide bonds. The van der Waals surface area contributed by atoms with Crippen LogP contribution in [0.15, 0.2) is 0 Å². The minimum absolute atomic E-state index is 0.161. The quantitative estimate of drug-likeness (QED) is 0.897. The van der Waals surface area contributed by atoms with Gasteiger partial charge >= 0.3 is 0 Å². The van der Waals surface area contributed by atoms with E-state index >= 15 is 0 Å². The van der Waals surface area contributed by atoms with E-state index in [1.165, 1.54) is 34.2 Å². The van der Waals surface area contributed by atoms with Crippen LogP contribution in [0.5, 0.6) is 0 Å². The summed E-state index contributed by atoms with van der Waals surface area (Å²) in [5.41, 5.74) is 1.36. The van der Waals surface area contributed by atoms with Gasteiger partial charge < -0.3 is 5.32 Å². The molecule has 1 aromatic rings. The molecule has 0 aromatic carbocycles. The molecule has 1 aromatic heterocycles. The molecule has 0 spiro atoms. The van der Waals surface area contributed by atoms with Crippen molar-refractivity contribution in [1.29, 1.82) is 0 Å². The number of thiazole rings is 1. The van der Waals surface area contributed by atoms with Crippen LogP contribution in [0.25, 0.3) is 0 Å². The van der Waals surface area contributed by atoms with E-state index in [0.717, 1.165) is 11.8 Å². The fourth-order valence-electron chi connectivity index (χ4n) is 2.34. The Hall–Kier alpha value is -0.0600. The Morgan fingerprint density at radius 3 is 2.68 bits per heavy atom. The van der Waals surface area contributed by atoms with Crippen molar-refractivity contribution in [3.05, 3.63) is 15.6 Å². The van der Waals surface area contributed by atoms with Crippen LogP contribution in [0.3, 0.4) is 0 Å².